The molecule has 0 aliphatic heterocycles. The molecule has 3 heterocycles. The van der Waals surface area contributed by atoms with Gasteiger partial charge in [0.15, 0.2) is 0 Å². The van der Waals surface area contributed by atoms with Gasteiger partial charge in [0.25, 0.3) is 5.91 Å². The van der Waals surface area contributed by atoms with E-state index in [1.807, 2.05) is 80.8 Å². The van der Waals surface area contributed by atoms with Crippen LogP contribution in [-0.4, -0.2) is 30.9 Å². The summed E-state index contributed by atoms with van der Waals surface area (Å²) < 4.78 is 1.76. The third-order valence-electron chi connectivity index (χ3n) is 5.84. The maximum atomic E-state index is 13.1. The summed E-state index contributed by atoms with van der Waals surface area (Å²) in [4.78, 5) is 21.5. The molecule has 0 aliphatic rings. The van der Waals surface area contributed by atoms with E-state index in [2.05, 4.69) is 31.7 Å². The number of carbonyl (C=O) groups is 1. The van der Waals surface area contributed by atoms with Crippen LogP contribution in [0.25, 0.3) is 22.0 Å². The van der Waals surface area contributed by atoms with Gasteiger partial charge in [-0.1, -0.05) is 35.5 Å². The van der Waals surface area contributed by atoms with Crippen LogP contribution in [0.3, 0.4) is 0 Å². The molecule has 0 aliphatic carbocycles. The lowest BCUT2D eigenvalue weighted by Gasteiger charge is -2.16. The second-order valence-corrected chi connectivity index (χ2v) is 8.32. The Labute approximate surface area is 197 Å². The zero-order valence-electron chi connectivity index (χ0n) is 19.0. The number of pyridine rings is 2. The predicted octanol–water partition coefficient (Wildman–Crippen LogP) is 4.74. The molecular weight excluding hydrogens is 424 g/mol. The Morgan fingerprint density at radius 3 is 2.79 bits per heavy atom. The SMILES string of the molecule is Cc1cc(C(C)NC(=O)c2ccccc2Cn2cc(-c3ccc4cnccc4c3)nn2)ccn1. The topological polar surface area (TPSA) is 85.6 Å². The lowest BCUT2D eigenvalue weighted by Crippen LogP contribution is -2.28. The van der Waals surface area contributed by atoms with Gasteiger partial charge in [0.1, 0.15) is 5.69 Å². The van der Waals surface area contributed by atoms with Gasteiger partial charge in [0.05, 0.1) is 18.8 Å². The standard InChI is InChI=1S/C27H24N6O/c1-18-13-20(10-12-29-18)19(2)30-27(34)25-6-4-3-5-24(25)16-33-17-26(31-32-33)22-7-8-23-15-28-11-9-21(23)14-22/h3-15,17,19H,16H2,1-2H3,(H,30,34). The summed E-state index contributed by atoms with van der Waals surface area (Å²) in [6.07, 6.45) is 7.28. The number of hydrogen-bond acceptors (Lipinski definition) is 5. The van der Waals surface area contributed by atoms with Crippen LogP contribution in [0, 0.1) is 6.92 Å². The highest BCUT2D eigenvalue weighted by atomic mass is 16.1. The van der Waals surface area contributed by atoms with Gasteiger partial charge in [0, 0.05) is 40.8 Å². The van der Waals surface area contributed by atoms with Gasteiger partial charge >= 0.3 is 0 Å². The van der Waals surface area contributed by atoms with Crippen LogP contribution in [0.15, 0.2) is 85.5 Å². The molecule has 3 aromatic heterocycles. The number of benzene rings is 2. The van der Waals surface area contributed by atoms with Crippen LogP contribution in [0.2, 0.25) is 0 Å². The molecule has 1 amide bonds. The van der Waals surface area contributed by atoms with Crippen molar-refractivity contribution in [2.24, 2.45) is 0 Å². The summed E-state index contributed by atoms with van der Waals surface area (Å²) in [5.41, 5.74) is 5.20. The fourth-order valence-electron chi connectivity index (χ4n) is 4.00. The summed E-state index contributed by atoms with van der Waals surface area (Å²) in [7, 11) is 0. The average molecular weight is 449 g/mol. The first kappa shape index (κ1) is 21.5. The van der Waals surface area contributed by atoms with Gasteiger partial charge in [-0.25, -0.2) is 4.68 Å². The first-order valence-corrected chi connectivity index (χ1v) is 11.1. The van der Waals surface area contributed by atoms with Crippen LogP contribution >= 0.6 is 0 Å². The normalized spacial score (nSPS) is 11.9. The number of aromatic nitrogens is 5. The monoisotopic (exact) mass is 448 g/mol. The van der Waals surface area contributed by atoms with Gasteiger partial charge in [-0.2, -0.15) is 0 Å². The minimum Gasteiger partial charge on any atom is -0.346 e. The Morgan fingerprint density at radius 1 is 1.03 bits per heavy atom. The van der Waals surface area contributed by atoms with Gasteiger partial charge in [-0.05, 0) is 60.7 Å². The van der Waals surface area contributed by atoms with E-state index in [1.54, 1.807) is 17.1 Å². The van der Waals surface area contributed by atoms with Crippen LogP contribution in [0.5, 0.6) is 0 Å². The van der Waals surface area contributed by atoms with Crippen molar-refractivity contribution in [1.82, 2.24) is 30.3 Å². The highest BCUT2D eigenvalue weighted by Crippen LogP contribution is 2.23. The number of carbonyl (C=O) groups excluding carboxylic acids is 1. The molecule has 0 bridgehead atoms. The molecule has 168 valence electrons. The van der Waals surface area contributed by atoms with E-state index < -0.39 is 0 Å². The van der Waals surface area contributed by atoms with E-state index in [1.165, 1.54) is 0 Å². The van der Waals surface area contributed by atoms with E-state index in [-0.39, 0.29) is 11.9 Å². The van der Waals surface area contributed by atoms with Crippen LogP contribution in [0.1, 0.15) is 40.1 Å². The second kappa shape index (κ2) is 9.23. The molecule has 0 fully saturated rings. The van der Waals surface area contributed by atoms with Crippen molar-refractivity contribution in [3.63, 3.8) is 0 Å². The fraction of sp³-hybridized carbons (Fsp3) is 0.148. The zero-order chi connectivity index (χ0) is 23.5. The number of fused-ring (bicyclic) bond motifs is 1. The molecular formula is C27H24N6O. The Kier molecular flexibility index (Phi) is 5.82. The van der Waals surface area contributed by atoms with Gasteiger partial charge < -0.3 is 5.32 Å². The molecule has 7 heteroatoms. The first-order chi connectivity index (χ1) is 16.6. The molecule has 5 aromatic rings. The molecule has 1 unspecified atom stereocenters. The summed E-state index contributed by atoms with van der Waals surface area (Å²) >= 11 is 0. The lowest BCUT2D eigenvalue weighted by molar-refractivity contribution is 0.0938. The second-order valence-electron chi connectivity index (χ2n) is 8.32. The van der Waals surface area contributed by atoms with Gasteiger partial charge in [-0.15, -0.1) is 5.10 Å². The third-order valence-corrected chi connectivity index (χ3v) is 5.84. The van der Waals surface area contributed by atoms with Crippen molar-refractivity contribution in [1.29, 1.82) is 0 Å². The fourth-order valence-corrected chi connectivity index (χ4v) is 4.00. The summed E-state index contributed by atoms with van der Waals surface area (Å²) in [5, 5.41) is 13.9. The lowest BCUT2D eigenvalue weighted by atomic mass is 10.0. The minimum atomic E-state index is -0.136. The van der Waals surface area contributed by atoms with E-state index in [9.17, 15) is 4.79 Å². The number of hydrogen-bond donors (Lipinski definition) is 1. The minimum absolute atomic E-state index is 0.124. The predicted molar refractivity (Wildman–Crippen MR) is 131 cm³/mol. The largest absolute Gasteiger partial charge is 0.346 e. The molecule has 5 rings (SSSR count). The van der Waals surface area contributed by atoms with Gasteiger partial charge in [0.2, 0.25) is 0 Å². The Balaban J connectivity index is 1.35. The summed E-state index contributed by atoms with van der Waals surface area (Å²) in [6, 6.07) is 19.5. The van der Waals surface area contributed by atoms with Crippen molar-refractivity contribution in [3.05, 3.63) is 108 Å². The average Bonchev–Trinajstić information content (AvgIpc) is 3.32. The molecule has 34 heavy (non-hydrogen) atoms. The van der Waals surface area contributed by atoms with E-state index in [4.69, 9.17) is 0 Å². The number of nitrogens with one attached hydrogen (secondary N) is 1. The molecule has 0 saturated heterocycles. The Morgan fingerprint density at radius 2 is 1.91 bits per heavy atom. The molecule has 0 saturated carbocycles. The van der Waals surface area contributed by atoms with Crippen molar-refractivity contribution in [2.45, 2.75) is 26.4 Å². The van der Waals surface area contributed by atoms with E-state index in [0.29, 0.717) is 12.1 Å². The quantitative estimate of drug-likeness (QED) is 0.406. The summed E-state index contributed by atoms with van der Waals surface area (Å²) in [5.74, 6) is -0.124. The maximum absolute atomic E-state index is 13.1. The Hall–Kier alpha value is -4.39. The highest BCUT2D eigenvalue weighted by Gasteiger charge is 2.16. The maximum Gasteiger partial charge on any atom is 0.252 e. The third kappa shape index (κ3) is 4.54. The van der Waals surface area contributed by atoms with Crippen LogP contribution in [0.4, 0.5) is 0 Å². The highest BCUT2D eigenvalue weighted by molar-refractivity contribution is 5.96. The smallest absolute Gasteiger partial charge is 0.252 e. The number of nitrogens with zero attached hydrogens (tertiary/aromatic N) is 5. The van der Waals surface area contributed by atoms with Crippen molar-refractivity contribution in [3.8, 4) is 11.3 Å². The van der Waals surface area contributed by atoms with Gasteiger partial charge in [-0.3, -0.25) is 14.8 Å². The molecule has 7 nitrogen and oxygen atoms in total. The Bertz CT molecular complexity index is 1480. The molecule has 1 N–H and O–H groups in total. The number of rotatable bonds is 6. The van der Waals surface area contributed by atoms with Crippen LogP contribution < -0.4 is 5.32 Å². The van der Waals surface area contributed by atoms with Crippen molar-refractivity contribution >= 4 is 16.7 Å². The van der Waals surface area contributed by atoms with E-state index >= 15 is 0 Å². The van der Waals surface area contributed by atoms with Crippen molar-refractivity contribution in [2.75, 3.05) is 0 Å². The first-order valence-electron chi connectivity index (χ1n) is 11.1. The number of aryl methyl sites for hydroxylation is 1. The van der Waals surface area contributed by atoms with Crippen LogP contribution in [-0.2, 0) is 6.54 Å². The molecule has 0 radical (unpaired) electrons. The van der Waals surface area contributed by atoms with E-state index in [0.717, 1.165) is 38.9 Å². The number of amides is 1. The molecule has 0 spiro atoms. The zero-order valence-corrected chi connectivity index (χ0v) is 19.0. The summed E-state index contributed by atoms with van der Waals surface area (Å²) in [6.45, 7) is 4.35. The van der Waals surface area contributed by atoms with Crippen molar-refractivity contribution < 1.29 is 4.79 Å². The molecule has 1 atom stereocenters. The molecule has 2 aromatic carbocycles.